The fourth-order valence-electron chi connectivity index (χ4n) is 1.02. The molecule has 0 heterocycles. The molecule has 4 nitrogen and oxygen atoms in total. The van der Waals surface area contributed by atoms with Crippen LogP contribution in [0.4, 0.5) is 5.69 Å². The van der Waals surface area contributed by atoms with Crippen molar-refractivity contribution in [1.29, 1.82) is 0 Å². The maximum Gasteiger partial charge on any atom is 0.242 e. The SMILES string of the molecule is C#CCC(N)C(=O)Nc1ccccc1O. The number of para-hydroxylation sites is 2. The van der Waals surface area contributed by atoms with Gasteiger partial charge >= 0.3 is 0 Å². The molecule has 1 amide bonds. The molecule has 0 aliphatic heterocycles. The standard InChI is InChI=1S/C11H12N2O2/c1-2-5-8(12)11(15)13-9-6-3-4-7-10(9)14/h1,3-4,6-8,14H,5,12H2,(H,13,15). The summed E-state index contributed by atoms with van der Waals surface area (Å²) in [5, 5.41) is 11.9. The van der Waals surface area contributed by atoms with Crippen molar-refractivity contribution in [2.45, 2.75) is 12.5 Å². The summed E-state index contributed by atoms with van der Waals surface area (Å²) in [7, 11) is 0. The third-order valence-corrected chi connectivity index (χ3v) is 1.84. The van der Waals surface area contributed by atoms with Gasteiger partial charge in [0.05, 0.1) is 11.7 Å². The van der Waals surface area contributed by atoms with Crippen molar-refractivity contribution >= 4 is 11.6 Å². The first-order chi connectivity index (χ1) is 7.15. The number of hydrogen-bond acceptors (Lipinski definition) is 3. The van der Waals surface area contributed by atoms with Crippen LogP contribution in [0.3, 0.4) is 0 Å². The third-order valence-electron chi connectivity index (χ3n) is 1.84. The van der Waals surface area contributed by atoms with Crippen LogP contribution >= 0.6 is 0 Å². The number of hydrogen-bond donors (Lipinski definition) is 3. The van der Waals surface area contributed by atoms with Gasteiger partial charge in [0.25, 0.3) is 0 Å². The van der Waals surface area contributed by atoms with Crippen molar-refractivity contribution < 1.29 is 9.90 Å². The number of phenols is 1. The normalized spacial score (nSPS) is 11.5. The summed E-state index contributed by atoms with van der Waals surface area (Å²) in [6.45, 7) is 0. The summed E-state index contributed by atoms with van der Waals surface area (Å²) < 4.78 is 0. The van der Waals surface area contributed by atoms with Gasteiger partial charge in [-0.1, -0.05) is 12.1 Å². The van der Waals surface area contributed by atoms with Gasteiger partial charge < -0.3 is 16.2 Å². The van der Waals surface area contributed by atoms with Crippen LogP contribution < -0.4 is 11.1 Å². The number of phenolic OH excluding ortho intramolecular Hbond substituents is 1. The highest BCUT2D eigenvalue weighted by atomic mass is 16.3. The Morgan fingerprint density at radius 2 is 2.27 bits per heavy atom. The number of aromatic hydroxyl groups is 1. The van der Waals surface area contributed by atoms with E-state index in [4.69, 9.17) is 12.2 Å². The number of anilines is 1. The van der Waals surface area contributed by atoms with Gasteiger partial charge in [-0.2, -0.15) is 0 Å². The lowest BCUT2D eigenvalue weighted by Gasteiger charge is -2.10. The molecule has 1 atom stereocenters. The van der Waals surface area contributed by atoms with Crippen molar-refractivity contribution in [1.82, 2.24) is 0 Å². The zero-order valence-electron chi connectivity index (χ0n) is 8.10. The number of carbonyl (C=O) groups is 1. The molecule has 4 N–H and O–H groups in total. The van der Waals surface area contributed by atoms with Gasteiger partial charge in [-0.05, 0) is 12.1 Å². The summed E-state index contributed by atoms with van der Waals surface area (Å²) in [5.41, 5.74) is 5.82. The number of nitrogens with one attached hydrogen (secondary N) is 1. The minimum atomic E-state index is -0.755. The van der Waals surface area contributed by atoms with E-state index in [-0.39, 0.29) is 12.2 Å². The molecule has 0 aromatic heterocycles. The quantitative estimate of drug-likeness (QED) is 0.500. The Balaban J connectivity index is 2.67. The smallest absolute Gasteiger partial charge is 0.242 e. The van der Waals surface area contributed by atoms with Gasteiger partial charge in [0.15, 0.2) is 0 Å². The van der Waals surface area contributed by atoms with Crippen molar-refractivity contribution in [2.75, 3.05) is 5.32 Å². The van der Waals surface area contributed by atoms with Gasteiger partial charge in [-0.25, -0.2) is 0 Å². The van der Waals surface area contributed by atoms with Gasteiger partial charge in [0.1, 0.15) is 5.75 Å². The first-order valence-electron chi connectivity index (χ1n) is 4.43. The average molecular weight is 204 g/mol. The second-order valence-electron chi connectivity index (χ2n) is 3.02. The lowest BCUT2D eigenvalue weighted by Crippen LogP contribution is -2.35. The van der Waals surface area contributed by atoms with Crippen molar-refractivity contribution in [3.8, 4) is 18.1 Å². The predicted octanol–water partition coefficient (Wildman–Crippen LogP) is 0.681. The average Bonchev–Trinajstić information content (AvgIpc) is 2.21. The second-order valence-corrected chi connectivity index (χ2v) is 3.02. The van der Waals surface area contributed by atoms with Gasteiger partial charge in [0, 0.05) is 6.42 Å². The molecule has 1 aromatic rings. The molecule has 0 aliphatic rings. The highest BCUT2D eigenvalue weighted by Gasteiger charge is 2.13. The molecule has 4 heteroatoms. The van der Waals surface area contributed by atoms with Crippen LogP contribution in [0.25, 0.3) is 0 Å². The zero-order chi connectivity index (χ0) is 11.3. The molecule has 0 fully saturated rings. The predicted molar refractivity (Wildman–Crippen MR) is 58.2 cm³/mol. The van der Waals surface area contributed by atoms with Crippen LogP contribution in [0, 0.1) is 12.3 Å². The van der Waals surface area contributed by atoms with Crippen LogP contribution in [0.1, 0.15) is 6.42 Å². The second kappa shape index (κ2) is 5.03. The first kappa shape index (κ1) is 11.1. The summed E-state index contributed by atoms with van der Waals surface area (Å²) in [6, 6.07) is 5.65. The molecular weight excluding hydrogens is 192 g/mol. The minimum absolute atomic E-state index is 0.00115. The minimum Gasteiger partial charge on any atom is -0.506 e. The molecule has 0 saturated carbocycles. The lowest BCUT2D eigenvalue weighted by atomic mass is 10.2. The summed E-state index contributed by atoms with van der Waals surface area (Å²) >= 11 is 0. The maximum atomic E-state index is 11.4. The maximum absolute atomic E-state index is 11.4. The van der Waals surface area contributed by atoms with E-state index in [2.05, 4.69) is 11.2 Å². The Bertz CT molecular complexity index is 396. The molecule has 0 spiro atoms. The van der Waals surface area contributed by atoms with Crippen molar-refractivity contribution in [3.63, 3.8) is 0 Å². The van der Waals surface area contributed by atoms with E-state index in [1.54, 1.807) is 18.2 Å². The van der Waals surface area contributed by atoms with E-state index in [0.29, 0.717) is 5.69 Å². The summed E-state index contributed by atoms with van der Waals surface area (Å²) in [6.07, 6.45) is 5.20. The van der Waals surface area contributed by atoms with E-state index in [0.717, 1.165) is 0 Å². The number of nitrogens with two attached hydrogens (primary N) is 1. The van der Waals surface area contributed by atoms with E-state index in [9.17, 15) is 9.90 Å². The number of carbonyl (C=O) groups excluding carboxylic acids is 1. The fraction of sp³-hybridized carbons (Fsp3) is 0.182. The largest absolute Gasteiger partial charge is 0.506 e. The Labute approximate surface area is 88.1 Å². The number of rotatable bonds is 3. The molecule has 1 rings (SSSR count). The van der Waals surface area contributed by atoms with Gasteiger partial charge in [-0.15, -0.1) is 12.3 Å². The van der Waals surface area contributed by atoms with Gasteiger partial charge in [-0.3, -0.25) is 4.79 Å². The lowest BCUT2D eigenvalue weighted by molar-refractivity contribution is -0.117. The van der Waals surface area contributed by atoms with Crippen LogP contribution in [-0.4, -0.2) is 17.1 Å². The Morgan fingerprint density at radius 3 is 2.87 bits per heavy atom. The Hall–Kier alpha value is -1.99. The number of benzene rings is 1. The van der Waals surface area contributed by atoms with E-state index < -0.39 is 11.9 Å². The van der Waals surface area contributed by atoms with Crippen LogP contribution in [0.2, 0.25) is 0 Å². The zero-order valence-corrected chi connectivity index (χ0v) is 8.10. The van der Waals surface area contributed by atoms with E-state index in [1.807, 2.05) is 0 Å². The molecule has 0 bridgehead atoms. The first-order valence-corrected chi connectivity index (χ1v) is 4.43. The molecule has 0 saturated heterocycles. The Morgan fingerprint density at radius 1 is 1.60 bits per heavy atom. The summed E-state index contributed by atoms with van der Waals surface area (Å²) in [4.78, 5) is 11.4. The third kappa shape index (κ3) is 3.01. The monoisotopic (exact) mass is 204 g/mol. The van der Waals surface area contributed by atoms with Crippen molar-refractivity contribution in [2.24, 2.45) is 5.73 Å². The van der Waals surface area contributed by atoms with Crippen molar-refractivity contribution in [3.05, 3.63) is 24.3 Å². The molecule has 1 unspecified atom stereocenters. The molecule has 1 aromatic carbocycles. The molecule has 0 aliphatic carbocycles. The number of amides is 1. The topological polar surface area (TPSA) is 75.4 Å². The molecule has 78 valence electrons. The molecule has 0 radical (unpaired) electrons. The molecule has 15 heavy (non-hydrogen) atoms. The van der Waals surface area contributed by atoms with E-state index >= 15 is 0 Å². The molecular formula is C11H12N2O2. The van der Waals surface area contributed by atoms with Crippen LogP contribution in [0.15, 0.2) is 24.3 Å². The highest BCUT2D eigenvalue weighted by Crippen LogP contribution is 2.21. The fourth-order valence-corrected chi connectivity index (χ4v) is 1.02. The van der Waals surface area contributed by atoms with Gasteiger partial charge in [0.2, 0.25) is 5.91 Å². The highest BCUT2D eigenvalue weighted by molar-refractivity contribution is 5.96. The number of terminal acetylenes is 1. The summed E-state index contributed by atoms with van der Waals surface area (Å²) in [5.74, 6) is 1.89. The van der Waals surface area contributed by atoms with E-state index in [1.165, 1.54) is 6.07 Å². The van der Waals surface area contributed by atoms with Crippen LogP contribution in [0.5, 0.6) is 5.75 Å². The Kier molecular flexibility index (Phi) is 3.72. The van der Waals surface area contributed by atoms with Crippen LogP contribution in [-0.2, 0) is 4.79 Å².